The Morgan fingerprint density at radius 2 is 1.82 bits per heavy atom. The fourth-order valence-corrected chi connectivity index (χ4v) is 2.43. The molecule has 0 unspecified atom stereocenters. The SMILES string of the molecule is C=C[C@@H](C)[C@H](O)[C@H](C)[C@H](O)CCCCOCc1ccccc1. The molecule has 22 heavy (non-hydrogen) atoms. The lowest BCUT2D eigenvalue weighted by molar-refractivity contribution is -0.00134. The smallest absolute Gasteiger partial charge is 0.0716 e. The molecule has 0 fully saturated rings. The van der Waals surface area contributed by atoms with Gasteiger partial charge in [-0.15, -0.1) is 6.58 Å². The van der Waals surface area contributed by atoms with Gasteiger partial charge in [0.2, 0.25) is 0 Å². The van der Waals surface area contributed by atoms with E-state index >= 15 is 0 Å². The van der Waals surface area contributed by atoms with Gasteiger partial charge in [0.05, 0.1) is 18.8 Å². The predicted octanol–water partition coefficient (Wildman–Crippen LogP) is 3.55. The molecule has 0 radical (unpaired) electrons. The molecule has 0 spiro atoms. The zero-order valence-corrected chi connectivity index (χ0v) is 13.8. The number of rotatable bonds is 11. The number of benzene rings is 1. The molecule has 0 aliphatic rings. The maximum atomic E-state index is 10.1. The first-order chi connectivity index (χ1) is 10.6. The first-order valence-electron chi connectivity index (χ1n) is 8.16. The summed E-state index contributed by atoms with van der Waals surface area (Å²) < 4.78 is 5.62. The van der Waals surface area contributed by atoms with E-state index in [0.29, 0.717) is 19.6 Å². The molecule has 0 saturated carbocycles. The summed E-state index contributed by atoms with van der Waals surface area (Å²) in [4.78, 5) is 0. The van der Waals surface area contributed by atoms with Crippen molar-refractivity contribution in [3.8, 4) is 0 Å². The number of ether oxygens (including phenoxy) is 1. The minimum atomic E-state index is -0.540. The van der Waals surface area contributed by atoms with Gasteiger partial charge in [0.1, 0.15) is 0 Å². The van der Waals surface area contributed by atoms with E-state index in [1.54, 1.807) is 6.08 Å². The van der Waals surface area contributed by atoms with Gasteiger partial charge in [-0.05, 0) is 24.8 Å². The van der Waals surface area contributed by atoms with Crippen LogP contribution in [0.15, 0.2) is 43.0 Å². The summed E-state index contributed by atoms with van der Waals surface area (Å²) in [5.41, 5.74) is 1.18. The molecule has 3 nitrogen and oxygen atoms in total. The van der Waals surface area contributed by atoms with Crippen molar-refractivity contribution in [3.63, 3.8) is 0 Å². The van der Waals surface area contributed by atoms with Crippen molar-refractivity contribution in [1.82, 2.24) is 0 Å². The molecule has 3 heteroatoms. The van der Waals surface area contributed by atoms with Gasteiger partial charge in [0.15, 0.2) is 0 Å². The lowest BCUT2D eigenvalue weighted by atomic mass is 9.87. The van der Waals surface area contributed by atoms with Gasteiger partial charge in [-0.25, -0.2) is 0 Å². The molecule has 4 atom stereocenters. The molecule has 0 aliphatic carbocycles. The van der Waals surface area contributed by atoms with E-state index in [1.807, 2.05) is 44.2 Å². The van der Waals surface area contributed by atoms with Crippen LogP contribution >= 0.6 is 0 Å². The standard InChI is InChI=1S/C19H30O3/c1-4-15(2)19(21)16(3)18(20)12-8-9-13-22-14-17-10-6-5-7-11-17/h4-7,10-11,15-16,18-21H,1,8-9,12-14H2,2-3H3/t15-,16-,18-,19+/m1/s1. The zero-order chi connectivity index (χ0) is 16.4. The molecule has 0 aliphatic heterocycles. The predicted molar refractivity (Wildman–Crippen MR) is 90.5 cm³/mol. The Morgan fingerprint density at radius 1 is 1.14 bits per heavy atom. The van der Waals surface area contributed by atoms with Gasteiger partial charge in [-0.2, -0.15) is 0 Å². The fourth-order valence-electron chi connectivity index (χ4n) is 2.43. The average molecular weight is 306 g/mol. The summed E-state index contributed by atoms with van der Waals surface area (Å²) in [6.07, 6.45) is 3.22. The van der Waals surface area contributed by atoms with E-state index < -0.39 is 12.2 Å². The van der Waals surface area contributed by atoms with Gasteiger partial charge >= 0.3 is 0 Å². The first kappa shape index (κ1) is 18.9. The maximum absolute atomic E-state index is 10.1. The van der Waals surface area contributed by atoms with Crippen LogP contribution in [-0.4, -0.2) is 29.0 Å². The normalized spacial score (nSPS) is 16.7. The second kappa shape index (κ2) is 10.5. The molecule has 1 aromatic carbocycles. The van der Waals surface area contributed by atoms with Gasteiger partial charge in [-0.3, -0.25) is 0 Å². The summed E-state index contributed by atoms with van der Waals surface area (Å²) in [5, 5.41) is 20.2. The number of unbranched alkanes of at least 4 members (excludes halogenated alkanes) is 1. The molecule has 1 aromatic rings. The lowest BCUT2D eigenvalue weighted by Gasteiger charge is -2.27. The highest BCUT2D eigenvalue weighted by Crippen LogP contribution is 2.20. The van der Waals surface area contributed by atoms with E-state index in [9.17, 15) is 10.2 Å². The van der Waals surface area contributed by atoms with Crippen LogP contribution in [-0.2, 0) is 11.3 Å². The molecule has 0 aromatic heterocycles. The molecule has 0 bridgehead atoms. The van der Waals surface area contributed by atoms with Crippen molar-refractivity contribution >= 4 is 0 Å². The van der Waals surface area contributed by atoms with Crippen LogP contribution in [0.1, 0.15) is 38.7 Å². The Labute approximate surface area is 134 Å². The Kier molecular flexibility index (Phi) is 9.05. The van der Waals surface area contributed by atoms with E-state index in [0.717, 1.165) is 12.8 Å². The van der Waals surface area contributed by atoms with E-state index in [-0.39, 0.29) is 11.8 Å². The number of hydrogen-bond acceptors (Lipinski definition) is 3. The molecule has 2 N–H and O–H groups in total. The molecule has 0 saturated heterocycles. The van der Waals surface area contributed by atoms with Crippen LogP contribution < -0.4 is 0 Å². The van der Waals surface area contributed by atoms with Crippen molar-refractivity contribution in [3.05, 3.63) is 48.6 Å². The van der Waals surface area contributed by atoms with Crippen molar-refractivity contribution in [1.29, 1.82) is 0 Å². The first-order valence-corrected chi connectivity index (χ1v) is 8.16. The van der Waals surface area contributed by atoms with Gasteiger partial charge in [0.25, 0.3) is 0 Å². The van der Waals surface area contributed by atoms with Crippen molar-refractivity contribution in [2.24, 2.45) is 11.8 Å². The summed E-state index contributed by atoms with van der Waals surface area (Å²) >= 11 is 0. The summed E-state index contributed by atoms with van der Waals surface area (Å²) in [5.74, 6) is -0.142. The second-order valence-electron chi connectivity index (χ2n) is 6.05. The van der Waals surface area contributed by atoms with Gasteiger partial charge < -0.3 is 14.9 Å². The molecule has 124 valence electrons. The highest BCUT2D eigenvalue weighted by atomic mass is 16.5. The zero-order valence-electron chi connectivity index (χ0n) is 13.8. The summed E-state index contributed by atoms with van der Waals surface area (Å²) in [6, 6.07) is 10.1. The minimum absolute atomic E-state index is 0.00106. The third-order valence-electron chi connectivity index (χ3n) is 4.21. The van der Waals surface area contributed by atoms with E-state index in [2.05, 4.69) is 6.58 Å². The highest BCUT2D eigenvalue weighted by molar-refractivity contribution is 5.13. The Bertz CT molecular complexity index is 404. The number of aliphatic hydroxyl groups excluding tert-OH is 2. The molecule has 1 rings (SSSR count). The number of aliphatic hydroxyl groups is 2. The monoisotopic (exact) mass is 306 g/mol. The molecule has 0 heterocycles. The quantitative estimate of drug-likeness (QED) is 0.485. The van der Waals surface area contributed by atoms with Crippen LogP contribution in [0.2, 0.25) is 0 Å². The van der Waals surface area contributed by atoms with Crippen LogP contribution in [0.3, 0.4) is 0 Å². The van der Waals surface area contributed by atoms with Crippen molar-refractivity contribution < 1.29 is 14.9 Å². The van der Waals surface area contributed by atoms with Crippen LogP contribution in [0.25, 0.3) is 0 Å². The Morgan fingerprint density at radius 3 is 2.45 bits per heavy atom. The second-order valence-corrected chi connectivity index (χ2v) is 6.05. The summed E-state index contributed by atoms with van der Waals surface area (Å²) in [7, 11) is 0. The van der Waals surface area contributed by atoms with Gasteiger partial charge in [0, 0.05) is 18.4 Å². The van der Waals surface area contributed by atoms with Crippen LogP contribution in [0.5, 0.6) is 0 Å². The highest BCUT2D eigenvalue weighted by Gasteiger charge is 2.25. The fraction of sp³-hybridized carbons (Fsp3) is 0.579. The molecule has 0 amide bonds. The van der Waals surface area contributed by atoms with E-state index in [4.69, 9.17) is 4.74 Å². The summed E-state index contributed by atoms with van der Waals surface area (Å²) in [6.45, 7) is 8.82. The Hall–Kier alpha value is -1.16. The average Bonchev–Trinajstić information content (AvgIpc) is 2.56. The Balaban J connectivity index is 2.12. The van der Waals surface area contributed by atoms with Gasteiger partial charge in [-0.1, -0.05) is 50.3 Å². The topological polar surface area (TPSA) is 49.7 Å². The third-order valence-corrected chi connectivity index (χ3v) is 4.21. The lowest BCUT2D eigenvalue weighted by Crippen LogP contribution is -2.33. The van der Waals surface area contributed by atoms with Crippen molar-refractivity contribution in [2.75, 3.05) is 6.61 Å². The maximum Gasteiger partial charge on any atom is 0.0716 e. The van der Waals surface area contributed by atoms with Crippen molar-refractivity contribution in [2.45, 2.75) is 51.9 Å². The third kappa shape index (κ3) is 6.73. The van der Waals surface area contributed by atoms with Crippen LogP contribution in [0.4, 0.5) is 0 Å². The molecular weight excluding hydrogens is 276 g/mol. The molecular formula is C19H30O3. The van der Waals surface area contributed by atoms with E-state index in [1.165, 1.54) is 5.56 Å². The minimum Gasteiger partial charge on any atom is -0.393 e. The van der Waals surface area contributed by atoms with Crippen LogP contribution in [0, 0.1) is 11.8 Å². The number of hydrogen-bond donors (Lipinski definition) is 2. The largest absolute Gasteiger partial charge is 0.393 e.